The Morgan fingerprint density at radius 1 is 0.851 bits per heavy atom. The summed E-state index contributed by atoms with van der Waals surface area (Å²) in [6, 6.07) is 30.4. The van der Waals surface area contributed by atoms with Crippen molar-refractivity contribution in [2.24, 2.45) is 0 Å². The molecular formula is C37H40FN3O5S. The zero-order chi connectivity index (χ0) is 33.2. The van der Waals surface area contributed by atoms with Gasteiger partial charge in [0, 0.05) is 24.6 Å². The summed E-state index contributed by atoms with van der Waals surface area (Å²) in [6.07, 6.45) is 4.90. The number of ether oxygens (including phenoxy) is 1. The van der Waals surface area contributed by atoms with Crippen LogP contribution in [0, 0.1) is 5.82 Å². The van der Waals surface area contributed by atoms with E-state index in [0.717, 1.165) is 47.4 Å². The minimum Gasteiger partial charge on any atom is -0.489 e. The first-order chi connectivity index (χ1) is 22.7. The molecule has 4 aromatic rings. The van der Waals surface area contributed by atoms with E-state index in [4.69, 9.17) is 4.74 Å². The van der Waals surface area contributed by atoms with Crippen LogP contribution in [-0.2, 0) is 39.2 Å². The average molecular weight is 658 g/mol. The summed E-state index contributed by atoms with van der Waals surface area (Å²) in [4.78, 5) is 29.5. The first-order valence-corrected chi connectivity index (χ1v) is 17.6. The van der Waals surface area contributed by atoms with Crippen molar-refractivity contribution < 1.29 is 27.1 Å². The van der Waals surface area contributed by atoms with Gasteiger partial charge < -0.3 is 15.0 Å². The SMILES string of the molecule is CS(=O)(=O)N(CC(=O)N(Cc1ccccc1F)[C@H](Cc1ccccc1)C(=O)NC1CCCC1)c1ccc(OCc2ccccc2)cc1. The molecule has 1 N–H and O–H groups in total. The minimum atomic E-state index is -3.95. The summed E-state index contributed by atoms with van der Waals surface area (Å²) in [7, 11) is -3.95. The van der Waals surface area contributed by atoms with Crippen LogP contribution in [0.2, 0.25) is 0 Å². The van der Waals surface area contributed by atoms with Gasteiger partial charge in [0.05, 0.1) is 11.9 Å². The maximum absolute atomic E-state index is 15.0. The highest BCUT2D eigenvalue weighted by Gasteiger charge is 2.34. The fourth-order valence-electron chi connectivity index (χ4n) is 5.79. The van der Waals surface area contributed by atoms with Gasteiger partial charge >= 0.3 is 0 Å². The molecule has 1 fully saturated rings. The first-order valence-electron chi connectivity index (χ1n) is 15.8. The van der Waals surface area contributed by atoms with Gasteiger partial charge in [0.1, 0.15) is 30.8 Å². The lowest BCUT2D eigenvalue weighted by Gasteiger charge is -2.34. The van der Waals surface area contributed by atoms with Crippen molar-refractivity contribution in [3.8, 4) is 5.75 Å². The molecular weight excluding hydrogens is 617 g/mol. The maximum atomic E-state index is 15.0. The summed E-state index contributed by atoms with van der Waals surface area (Å²) in [5.41, 5.74) is 2.28. The number of anilines is 1. The molecule has 0 bridgehead atoms. The van der Waals surface area contributed by atoms with Crippen molar-refractivity contribution in [3.63, 3.8) is 0 Å². The van der Waals surface area contributed by atoms with Gasteiger partial charge in [-0.3, -0.25) is 13.9 Å². The molecule has 246 valence electrons. The summed E-state index contributed by atoms with van der Waals surface area (Å²) in [6.45, 7) is -0.463. The molecule has 1 aliphatic carbocycles. The molecule has 1 aliphatic rings. The molecule has 0 saturated heterocycles. The molecule has 1 atom stereocenters. The molecule has 8 nitrogen and oxygen atoms in total. The van der Waals surface area contributed by atoms with Crippen LogP contribution in [0.5, 0.6) is 5.75 Å². The van der Waals surface area contributed by atoms with Crippen LogP contribution in [0.3, 0.4) is 0 Å². The van der Waals surface area contributed by atoms with E-state index in [0.29, 0.717) is 12.4 Å². The first kappa shape index (κ1) is 33.7. The summed E-state index contributed by atoms with van der Waals surface area (Å²) >= 11 is 0. The van der Waals surface area contributed by atoms with E-state index in [9.17, 15) is 18.0 Å². The third kappa shape index (κ3) is 9.42. The fraction of sp³-hybridized carbons (Fsp3) is 0.297. The van der Waals surface area contributed by atoms with E-state index < -0.39 is 34.3 Å². The van der Waals surface area contributed by atoms with Crippen molar-refractivity contribution in [1.29, 1.82) is 0 Å². The Balaban J connectivity index is 1.43. The predicted molar refractivity (Wildman–Crippen MR) is 181 cm³/mol. The van der Waals surface area contributed by atoms with Crippen LogP contribution >= 0.6 is 0 Å². The lowest BCUT2D eigenvalue weighted by atomic mass is 10.0. The Kier molecular flexibility index (Phi) is 11.3. The number of carbonyl (C=O) groups excluding carboxylic acids is 2. The summed E-state index contributed by atoms with van der Waals surface area (Å²) in [5.74, 6) is -0.974. The summed E-state index contributed by atoms with van der Waals surface area (Å²) in [5, 5.41) is 3.11. The van der Waals surface area contributed by atoms with Crippen LogP contribution in [-0.4, -0.2) is 50.0 Å². The highest BCUT2D eigenvalue weighted by Crippen LogP contribution is 2.25. The highest BCUT2D eigenvalue weighted by atomic mass is 32.2. The van der Waals surface area contributed by atoms with Crippen molar-refractivity contribution in [1.82, 2.24) is 10.2 Å². The number of hydrogen-bond acceptors (Lipinski definition) is 5. The second-order valence-corrected chi connectivity index (χ2v) is 13.8. The monoisotopic (exact) mass is 657 g/mol. The number of nitrogens with zero attached hydrogens (tertiary/aromatic N) is 2. The van der Waals surface area contributed by atoms with Crippen LogP contribution in [0.15, 0.2) is 109 Å². The number of nitrogens with one attached hydrogen (secondary N) is 1. The van der Waals surface area contributed by atoms with E-state index in [1.165, 1.54) is 11.0 Å². The van der Waals surface area contributed by atoms with E-state index in [2.05, 4.69) is 5.32 Å². The number of amides is 2. The number of halogens is 1. The molecule has 47 heavy (non-hydrogen) atoms. The van der Waals surface area contributed by atoms with Gasteiger partial charge in [0.2, 0.25) is 21.8 Å². The van der Waals surface area contributed by atoms with Gasteiger partial charge in [0.25, 0.3) is 0 Å². The number of hydrogen-bond donors (Lipinski definition) is 1. The van der Waals surface area contributed by atoms with E-state index in [-0.39, 0.29) is 36.2 Å². The molecule has 2 amide bonds. The molecule has 0 aliphatic heterocycles. The van der Waals surface area contributed by atoms with Crippen LogP contribution in [0.4, 0.5) is 10.1 Å². The number of benzene rings is 4. The maximum Gasteiger partial charge on any atom is 0.244 e. The molecule has 0 heterocycles. The van der Waals surface area contributed by atoms with Gasteiger partial charge in [0.15, 0.2) is 0 Å². The van der Waals surface area contributed by atoms with Crippen LogP contribution in [0.1, 0.15) is 42.4 Å². The standard InChI is InChI=1S/C37H40FN3O5S/c1-47(44,45)41(32-20-22-33(23-21-32)46-27-29-14-6-3-7-15-29)26-36(42)40(25-30-16-8-11-19-34(30)38)35(24-28-12-4-2-5-13-28)37(43)39-31-17-9-10-18-31/h2-8,11-16,19-23,31,35H,9-10,17-18,24-27H2,1H3,(H,39,43)/t35-/m1/s1. The Morgan fingerprint density at radius 3 is 2.06 bits per heavy atom. The van der Waals surface area contributed by atoms with Crippen molar-refractivity contribution >= 4 is 27.5 Å². The molecule has 0 radical (unpaired) electrons. The second kappa shape index (κ2) is 15.7. The minimum absolute atomic E-state index is 0.0127. The van der Waals surface area contributed by atoms with Gasteiger partial charge in [-0.15, -0.1) is 0 Å². The summed E-state index contributed by atoms with van der Waals surface area (Å²) < 4.78 is 48.1. The molecule has 0 spiro atoms. The molecule has 0 unspecified atom stereocenters. The predicted octanol–water partition coefficient (Wildman–Crippen LogP) is 5.87. The van der Waals surface area contributed by atoms with E-state index >= 15 is 4.39 Å². The Bertz CT molecular complexity index is 1730. The van der Waals surface area contributed by atoms with Gasteiger partial charge in [-0.25, -0.2) is 12.8 Å². The third-order valence-electron chi connectivity index (χ3n) is 8.32. The number of rotatable bonds is 14. The van der Waals surface area contributed by atoms with Crippen molar-refractivity contribution in [3.05, 3.63) is 132 Å². The quantitative estimate of drug-likeness (QED) is 0.183. The second-order valence-electron chi connectivity index (χ2n) is 11.8. The lowest BCUT2D eigenvalue weighted by Crippen LogP contribution is -2.54. The molecule has 5 rings (SSSR count). The zero-order valence-electron chi connectivity index (χ0n) is 26.4. The number of sulfonamides is 1. The number of carbonyl (C=O) groups is 2. The highest BCUT2D eigenvalue weighted by molar-refractivity contribution is 7.92. The van der Waals surface area contributed by atoms with Crippen LogP contribution < -0.4 is 14.4 Å². The Hall–Kier alpha value is -4.70. The Morgan fingerprint density at radius 2 is 1.45 bits per heavy atom. The van der Waals surface area contributed by atoms with Crippen LogP contribution in [0.25, 0.3) is 0 Å². The normalized spacial score (nSPS) is 13.9. The van der Waals surface area contributed by atoms with E-state index in [1.807, 2.05) is 60.7 Å². The fourth-order valence-corrected chi connectivity index (χ4v) is 6.64. The zero-order valence-corrected chi connectivity index (χ0v) is 27.2. The van der Waals surface area contributed by atoms with Gasteiger partial charge in [-0.1, -0.05) is 91.7 Å². The van der Waals surface area contributed by atoms with E-state index in [1.54, 1.807) is 42.5 Å². The average Bonchev–Trinajstić information content (AvgIpc) is 3.59. The molecule has 1 saturated carbocycles. The van der Waals surface area contributed by atoms with Crippen molar-refractivity contribution in [2.75, 3.05) is 17.1 Å². The van der Waals surface area contributed by atoms with Gasteiger partial charge in [-0.2, -0.15) is 0 Å². The topological polar surface area (TPSA) is 96.0 Å². The molecule has 0 aromatic heterocycles. The third-order valence-corrected chi connectivity index (χ3v) is 9.46. The van der Waals surface area contributed by atoms with Crippen molar-refractivity contribution in [2.45, 2.75) is 57.3 Å². The lowest BCUT2D eigenvalue weighted by molar-refractivity contribution is -0.140. The molecule has 4 aromatic carbocycles. The largest absolute Gasteiger partial charge is 0.489 e. The van der Waals surface area contributed by atoms with Gasteiger partial charge in [-0.05, 0) is 54.3 Å². The molecule has 10 heteroatoms. The smallest absolute Gasteiger partial charge is 0.244 e. The Labute approximate surface area is 276 Å².